The molecule has 0 unspecified atom stereocenters. The van der Waals surface area contributed by atoms with Gasteiger partial charge < -0.3 is 9.47 Å². The van der Waals surface area contributed by atoms with Crippen LogP contribution in [0.15, 0.2) is 47.6 Å². The molecule has 3 aromatic rings. The monoisotopic (exact) mass is 388 g/mol. The highest BCUT2D eigenvalue weighted by atomic mass is 35.5. The third-order valence-corrected chi connectivity index (χ3v) is 5.28. The van der Waals surface area contributed by atoms with Crippen molar-refractivity contribution in [1.82, 2.24) is 5.43 Å². The van der Waals surface area contributed by atoms with Gasteiger partial charge in [-0.2, -0.15) is 5.10 Å². The molecule has 0 aliphatic carbocycles. The zero-order valence-corrected chi connectivity index (χ0v) is 15.9. The molecule has 0 atom stereocenters. The molecule has 0 spiro atoms. The highest BCUT2D eigenvalue weighted by Crippen LogP contribution is 2.35. The molecule has 0 bridgehead atoms. The zero-order valence-electron chi connectivity index (χ0n) is 14.3. The van der Waals surface area contributed by atoms with Crippen LogP contribution in [0.25, 0.3) is 10.1 Å². The van der Waals surface area contributed by atoms with Gasteiger partial charge in [-0.3, -0.25) is 4.79 Å². The minimum absolute atomic E-state index is 0.342. The van der Waals surface area contributed by atoms with Crippen molar-refractivity contribution in [1.29, 1.82) is 0 Å². The fourth-order valence-electron chi connectivity index (χ4n) is 2.42. The number of rotatable bonds is 6. The standard InChI is InChI=1S/C19H17ClN2O3S/c1-3-25-15-10-12(8-9-14(15)24-2)11-21-22-19(23)18-17(20)13-6-4-5-7-16(13)26-18/h4-11H,3H2,1-2H3,(H,22,23). The predicted molar refractivity (Wildman–Crippen MR) is 106 cm³/mol. The van der Waals surface area contributed by atoms with Gasteiger partial charge in [-0.25, -0.2) is 5.43 Å². The maximum absolute atomic E-state index is 12.4. The van der Waals surface area contributed by atoms with Gasteiger partial charge in [-0.1, -0.05) is 29.8 Å². The lowest BCUT2D eigenvalue weighted by Gasteiger charge is -2.09. The third-order valence-electron chi connectivity index (χ3n) is 3.61. The molecule has 7 heteroatoms. The Bertz CT molecular complexity index is 969. The Kier molecular flexibility index (Phi) is 5.75. The summed E-state index contributed by atoms with van der Waals surface area (Å²) >= 11 is 7.64. The fourth-order valence-corrected chi connectivity index (χ4v) is 3.83. The molecule has 0 radical (unpaired) electrons. The van der Waals surface area contributed by atoms with Crippen LogP contribution in [-0.4, -0.2) is 25.8 Å². The van der Waals surface area contributed by atoms with Gasteiger partial charge in [-0.05, 0) is 36.8 Å². The number of benzene rings is 2. The average Bonchev–Trinajstić information content (AvgIpc) is 2.99. The van der Waals surface area contributed by atoms with Crippen LogP contribution >= 0.6 is 22.9 Å². The second-order valence-corrected chi connectivity index (χ2v) is 6.71. The Hall–Kier alpha value is -2.57. The summed E-state index contributed by atoms with van der Waals surface area (Å²) in [7, 11) is 1.58. The molecule has 0 aliphatic rings. The Morgan fingerprint density at radius 1 is 1.27 bits per heavy atom. The summed E-state index contributed by atoms with van der Waals surface area (Å²) in [6.45, 7) is 2.42. The molecule has 134 valence electrons. The van der Waals surface area contributed by atoms with E-state index in [1.165, 1.54) is 11.3 Å². The predicted octanol–water partition coefficient (Wildman–Crippen LogP) is 4.73. The zero-order chi connectivity index (χ0) is 18.5. The van der Waals surface area contributed by atoms with Gasteiger partial charge in [0.15, 0.2) is 11.5 Å². The number of fused-ring (bicyclic) bond motifs is 1. The van der Waals surface area contributed by atoms with Crippen molar-refractivity contribution in [3.63, 3.8) is 0 Å². The van der Waals surface area contributed by atoms with Gasteiger partial charge in [0.25, 0.3) is 5.91 Å². The molecule has 26 heavy (non-hydrogen) atoms. The van der Waals surface area contributed by atoms with Gasteiger partial charge in [-0.15, -0.1) is 11.3 Å². The summed E-state index contributed by atoms with van der Waals surface area (Å²) in [5.41, 5.74) is 3.29. The molecule has 1 heterocycles. The molecule has 0 saturated heterocycles. The SMILES string of the molecule is CCOc1cc(C=NNC(=O)c2sc3ccccc3c2Cl)ccc1OC. The molecule has 1 amide bonds. The number of nitrogens with one attached hydrogen (secondary N) is 1. The van der Waals surface area contributed by atoms with Crippen LogP contribution < -0.4 is 14.9 Å². The first-order valence-electron chi connectivity index (χ1n) is 7.95. The Morgan fingerprint density at radius 3 is 2.81 bits per heavy atom. The smallest absolute Gasteiger partial charge is 0.283 e. The van der Waals surface area contributed by atoms with Gasteiger partial charge in [0.1, 0.15) is 4.88 Å². The molecule has 3 rings (SSSR count). The van der Waals surface area contributed by atoms with E-state index >= 15 is 0 Å². The van der Waals surface area contributed by atoms with Crippen LogP contribution in [0.2, 0.25) is 5.02 Å². The summed E-state index contributed by atoms with van der Waals surface area (Å²) in [5.74, 6) is 0.925. The minimum Gasteiger partial charge on any atom is -0.493 e. The van der Waals surface area contributed by atoms with Crippen LogP contribution in [0.1, 0.15) is 22.2 Å². The van der Waals surface area contributed by atoms with Crippen molar-refractivity contribution < 1.29 is 14.3 Å². The van der Waals surface area contributed by atoms with Crippen LogP contribution in [0.5, 0.6) is 11.5 Å². The molecule has 5 nitrogen and oxygen atoms in total. The topological polar surface area (TPSA) is 59.9 Å². The molecule has 0 aliphatic heterocycles. The van der Waals surface area contributed by atoms with E-state index in [0.29, 0.717) is 28.0 Å². The normalized spacial score (nSPS) is 11.0. The first-order valence-corrected chi connectivity index (χ1v) is 9.14. The lowest BCUT2D eigenvalue weighted by atomic mass is 10.2. The average molecular weight is 389 g/mol. The lowest BCUT2D eigenvalue weighted by molar-refractivity contribution is 0.0959. The molecular weight excluding hydrogens is 372 g/mol. The van der Waals surface area contributed by atoms with E-state index in [4.69, 9.17) is 21.1 Å². The lowest BCUT2D eigenvalue weighted by Crippen LogP contribution is -2.16. The van der Waals surface area contributed by atoms with Gasteiger partial charge in [0, 0.05) is 10.1 Å². The highest BCUT2D eigenvalue weighted by Gasteiger charge is 2.16. The second kappa shape index (κ2) is 8.21. The van der Waals surface area contributed by atoms with E-state index in [1.807, 2.05) is 37.3 Å². The number of carbonyl (C=O) groups is 1. The molecular formula is C19H17ClN2O3S. The van der Waals surface area contributed by atoms with Gasteiger partial charge >= 0.3 is 0 Å². The number of hydrogen-bond donors (Lipinski definition) is 1. The van der Waals surface area contributed by atoms with E-state index < -0.39 is 0 Å². The Morgan fingerprint density at radius 2 is 2.08 bits per heavy atom. The van der Waals surface area contributed by atoms with E-state index in [1.54, 1.807) is 25.5 Å². The number of hydrogen-bond acceptors (Lipinski definition) is 5. The number of methoxy groups -OCH3 is 1. The van der Waals surface area contributed by atoms with Crippen molar-refractivity contribution in [2.24, 2.45) is 5.10 Å². The van der Waals surface area contributed by atoms with Crippen LogP contribution in [-0.2, 0) is 0 Å². The Balaban J connectivity index is 1.74. The summed E-state index contributed by atoms with van der Waals surface area (Å²) in [4.78, 5) is 12.8. The van der Waals surface area contributed by atoms with E-state index in [0.717, 1.165) is 15.6 Å². The molecule has 2 aromatic carbocycles. The van der Waals surface area contributed by atoms with Crippen molar-refractivity contribution in [3.05, 3.63) is 57.9 Å². The van der Waals surface area contributed by atoms with Crippen LogP contribution in [0.3, 0.4) is 0 Å². The number of thiophene rings is 1. The maximum Gasteiger partial charge on any atom is 0.283 e. The van der Waals surface area contributed by atoms with Gasteiger partial charge in [0.05, 0.1) is 25.0 Å². The second-order valence-electron chi connectivity index (χ2n) is 5.28. The van der Waals surface area contributed by atoms with Gasteiger partial charge in [0.2, 0.25) is 0 Å². The molecule has 0 saturated carbocycles. The molecule has 1 aromatic heterocycles. The number of nitrogens with zero attached hydrogens (tertiary/aromatic N) is 1. The van der Waals surface area contributed by atoms with Crippen molar-refractivity contribution in [2.75, 3.05) is 13.7 Å². The van der Waals surface area contributed by atoms with E-state index in [-0.39, 0.29) is 5.91 Å². The Labute approximate surface area is 160 Å². The molecule has 0 fully saturated rings. The summed E-state index contributed by atoms with van der Waals surface area (Å²) < 4.78 is 11.7. The van der Waals surface area contributed by atoms with E-state index in [9.17, 15) is 4.79 Å². The number of halogens is 1. The van der Waals surface area contributed by atoms with Crippen molar-refractivity contribution in [2.45, 2.75) is 6.92 Å². The summed E-state index contributed by atoms with van der Waals surface area (Å²) in [6, 6.07) is 13.0. The third kappa shape index (κ3) is 3.81. The summed E-state index contributed by atoms with van der Waals surface area (Å²) in [5, 5.41) is 5.32. The first kappa shape index (κ1) is 18.2. The largest absolute Gasteiger partial charge is 0.493 e. The number of carbonyl (C=O) groups excluding carboxylic acids is 1. The van der Waals surface area contributed by atoms with Crippen molar-refractivity contribution >= 4 is 45.1 Å². The first-order chi connectivity index (χ1) is 12.6. The fraction of sp³-hybridized carbons (Fsp3) is 0.158. The number of hydrazone groups is 1. The highest BCUT2D eigenvalue weighted by molar-refractivity contribution is 7.21. The van der Waals surface area contributed by atoms with Crippen LogP contribution in [0.4, 0.5) is 0 Å². The number of amides is 1. The van der Waals surface area contributed by atoms with Crippen LogP contribution in [0, 0.1) is 0 Å². The number of ether oxygens (including phenoxy) is 2. The minimum atomic E-state index is -0.342. The summed E-state index contributed by atoms with van der Waals surface area (Å²) in [6.07, 6.45) is 1.54. The molecule has 1 N–H and O–H groups in total. The van der Waals surface area contributed by atoms with E-state index in [2.05, 4.69) is 10.5 Å². The van der Waals surface area contributed by atoms with Crippen molar-refractivity contribution in [3.8, 4) is 11.5 Å². The maximum atomic E-state index is 12.4. The quantitative estimate of drug-likeness (QED) is 0.490.